The second-order valence-electron chi connectivity index (χ2n) is 5.78. The molecule has 3 heterocycles. The number of pyridine rings is 1. The molecule has 6 heteroatoms. The van der Waals surface area contributed by atoms with E-state index in [2.05, 4.69) is 15.0 Å². The summed E-state index contributed by atoms with van der Waals surface area (Å²) in [6.45, 7) is 5.07. The Labute approximate surface area is 135 Å². The van der Waals surface area contributed by atoms with Crippen molar-refractivity contribution in [2.75, 3.05) is 13.1 Å². The lowest BCUT2D eigenvalue weighted by Crippen LogP contribution is -2.36. The Morgan fingerprint density at radius 3 is 2.74 bits per heavy atom. The van der Waals surface area contributed by atoms with E-state index < -0.39 is 0 Å². The molecule has 0 bridgehead atoms. The number of ether oxygens (including phenoxy) is 1. The molecule has 23 heavy (non-hydrogen) atoms. The van der Waals surface area contributed by atoms with Gasteiger partial charge in [-0.15, -0.1) is 0 Å². The van der Waals surface area contributed by atoms with E-state index in [1.54, 1.807) is 19.3 Å². The molecule has 0 unspecified atom stereocenters. The molecule has 6 nitrogen and oxygen atoms in total. The fourth-order valence-electron chi connectivity index (χ4n) is 2.78. The van der Waals surface area contributed by atoms with Crippen LogP contribution in [0.5, 0.6) is 11.6 Å². The highest BCUT2D eigenvalue weighted by Gasteiger charge is 2.24. The molecular weight excluding hydrogens is 292 g/mol. The fraction of sp³-hybridized carbons (Fsp3) is 0.412. The van der Waals surface area contributed by atoms with Gasteiger partial charge < -0.3 is 9.64 Å². The molecule has 0 radical (unpaired) electrons. The standard InChI is InChI=1S/C17H20N4O2/c1-12-10-16(23-15-4-3-7-18-11-15)20-17(19-12)14-5-8-21(9-6-14)13(2)22/h3-4,7,10-11,14H,5-6,8-9H2,1-2H3. The van der Waals surface area contributed by atoms with Crippen LogP contribution in [0.15, 0.2) is 30.6 Å². The maximum atomic E-state index is 11.4. The molecule has 0 saturated carbocycles. The highest BCUT2D eigenvalue weighted by Crippen LogP contribution is 2.28. The molecule has 2 aromatic heterocycles. The number of nitrogens with zero attached hydrogens (tertiary/aromatic N) is 4. The van der Waals surface area contributed by atoms with Gasteiger partial charge in [0.15, 0.2) is 0 Å². The Hall–Kier alpha value is -2.50. The van der Waals surface area contributed by atoms with Gasteiger partial charge in [0.2, 0.25) is 11.8 Å². The lowest BCUT2D eigenvalue weighted by atomic mass is 9.96. The van der Waals surface area contributed by atoms with Gasteiger partial charge in [-0.2, -0.15) is 4.98 Å². The maximum Gasteiger partial charge on any atom is 0.222 e. The Balaban J connectivity index is 1.75. The van der Waals surface area contributed by atoms with Crippen molar-refractivity contribution in [3.8, 4) is 11.6 Å². The van der Waals surface area contributed by atoms with Crippen molar-refractivity contribution in [1.82, 2.24) is 19.9 Å². The summed E-state index contributed by atoms with van der Waals surface area (Å²) < 4.78 is 5.77. The Morgan fingerprint density at radius 2 is 2.09 bits per heavy atom. The van der Waals surface area contributed by atoms with Gasteiger partial charge in [0.25, 0.3) is 0 Å². The van der Waals surface area contributed by atoms with Crippen molar-refractivity contribution in [2.45, 2.75) is 32.6 Å². The van der Waals surface area contributed by atoms with E-state index in [9.17, 15) is 4.79 Å². The first kappa shape index (κ1) is 15.4. The van der Waals surface area contributed by atoms with Crippen molar-refractivity contribution in [3.05, 3.63) is 42.1 Å². The summed E-state index contributed by atoms with van der Waals surface area (Å²) in [6.07, 6.45) is 5.12. The van der Waals surface area contributed by atoms with Crippen LogP contribution in [0.2, 0.25) is 0 Å². The van der Waals surface area contributed by atoms with E-state index in [0.29, 0.717) is 11.6 Å². The summed E-state index contributed by atoms with van der Waals surface area (Å²) in [5, 5.41) is 0. The van der Waals surface area contributed by atoms with Crippen molar-refractivity contribution in [1.29, 1.82) is 0 Å². The molecule has 0 atom stereocenters. The van der Waals surface area contributed by atoms with E-state index >= 15 is 0 Å². The van der Waals surface area contributed by atoms with Crippen LogP contribution < -0.4 is 4.74 Å². The lowest BCUT2D eigenvalue weighted by Gasteiger charge is -2.30. The second-order valence-corrected chi connectivity index (χ2v) is 5.78. The maximum absolute atomic E-state index is 11.4. The van der Waals surface area contributed by atoms with E-state index in [4.69, 9.17) is 4.74 Å². The minimum absolute atomic E-state index is 0.134. The van der Waals surface area contributed by atoms with Crippen molar-refractivity contribution < 1.29 is 9.53 Å². The number of hydrogen-bond acceptors (Lipinski definition) is 5. The molecule has 1 amide bonds. The monoisotopic (exact) mass is 312 g/mol. The van der Waals surface area contributed by atoms with E-state index in [1.807, 2.05) is 30.0 Å². The number of amides is 1. The van der Waals surface area contributed by atoms with E-state index in [-0.39, 0.29) is 11.8 Å². The number of aromatic nitrogens is 3. The highest BCUT2D eigenvalue weighted by atomic mass is 16.5. The molecule has 1 aliphatic rings. The molecule has 0 aromatic carbocycles. The van der Waals surface area contributed by atoms with Crippen molar-refractivity contribution in [2.24, 2.45) is 0 Å². The highest BCUT2D eigenvalue weighted by molar-refractivity contribution is 5.73. The third-order valence-electron chi connectivity index (χ3n) is 4.01. The SMILES string of the molecule is CC(=O)N1CCC(c2nc(C)cc(Oc3cccnc3)n2)CC1. The number of piperidine rings is 1. The predicted octanol–water partition coefficient (Wildman–Crippen LogP) is 2.70. The van der Waals surface area contributed by atoms with Crippen LogP contribution in [-0.4, -0.2) is 38.8 Å². The van der Waals surface area contributed by atoms with Crippen LogP contribution in [0.25, 0.3) is 0 Å². The van der Waals surface area contributed by atoms with Crippen LogP contribution in [0.4, 0.5) is 0 Å². The summed E-state index contributed by atoms with van der Waals surface area (Å²) in [7, 11) is 0. The molecule has 0 spiro atoms. The molecular formula is C17H20N4O2. The van der Waals surface area contributed by atoms with Gasteiger partial charge in [0, 0.05) is 43.9 Å². The third kappa shape index (κ3) is 3.83. The van der Waals surface area contributed by atoms with Crippen LogP contribution in [0.1, 0.15) is 37.2 Å². The summed E-state index contributed by atoms with van der Waals surface area (Å²) >= 11 is 0. The number of aryl methyl sites for hydroxylation is 1. The van der Waals surface area contributed by atoms with Gasteiger partial charge in [0.1, 0.15) is 11.6 Å². The minimum atomic E-state index is 0.134. The topological polar surface area (TPSA) is 68.2 Å². The Kier molecular flexibility index (Phi) is 4.50. The molecule has 120 valence electrons. The first-order valence-electron chi connectivity index (χ1n) is 7.81. The lowest BCUT2D eigenvalue weighted by molar-refractivity contribution is -0.129. The van der Waals surface area contributed by atoms with Crippen LogP contribution in [0.3, 0.4) is 0 Å². The predicted molar refractivity (Wildman–Crippen MR) is 85.3 cm³/mol. The first-order valence-corrected chi connectivity index (χ1v) is 7.81. The summed E-state index contributed by atoms with van der Waals surface area (Å²) in [6, 6.07) is 5.48. The van der Waals surface area contributed by atoms with E-state index in [0.717, 1.165) is 37.4 Å². The van der Waals surface area contributed by atoms with Gasteiger partial charge >= 0.3 is 0 Å². The van der Waals surface area contributed by atoms with Crippen LogP contribution in [-0.2, 0) is 4.79 Å². The van der Waals surface area contributed by atoms with Crippen molar-refractivity contribution >= 4 is 5.91 Å². The Bertz CT molecular complexity index is 682. The largest absolute Gasteiger partial charge is 0.437 e. The smallest absolute Gasteiger partial charge is 0.222 e. The van der Waals surface area contributed by atoms with Gasteiger partial charge in [-0.05, 0) is 31.9 Å². The zero-order valence-electron chi connectivity index (χ0n) is 13.4. The normalized spacial score (nSPS) is 15.5. The van der Waals surface area contributed by atoms with Gasteiger partial charge in [-0.25, -0.2) is 4.98 Å². The first-order chi connectivity index (χ1) is 11.1. The fourth-order valence-corrected chi connectivity index (χ4v) is 2.78. The van der Waals surface area contributed by atoms with E-state index in [1.165, 1.54) is 0 Å². The summed E-state index contributed by atoms with van der Waals surface area (Å²) in [5.74, 6) is 2.39. The van der Waals surface area contributed by atoms with Crippen LogP contribution >= 0.6 is 0 Å². The number of likely N-dealkylation sites (tertiary alicyclic amines) is 1. The molecule has 2 aromatic rings. The second kappa shape index (κ2) is 6.73. The molecule has 3 rings (SSSR count). The van der Waals surface area contributed by atoms with Crippen molar-refractivity contribution in [3.63, 3.8) is 0 Å². The average Bonchev–Trinajstić information content (AvgIpc) is 2.55. The Morgan fingerprint density at radius 1 is 1.30 bits per heavy atom. The molecule has 1 saturated heterocycles. The van der Waals surface area contributed by atoms with Gasteiger partial charge in [0.05, 0.1) is 6.20 Å². The number of hydrogen-bond donors (Lipinski definition) is 0. The molecule has 0 N–H and O–H groups in total. The quantitative estimate of drug-likeness (QED) is 0.871. The van der Waals surface area contributed by atoms with Gasteiger partial charge in [-0.1, -0.05) is 0 Å². The molecule has 0 aliphatic carbocycles. The number of carbonyl (C=O) groups is 1. The average molecular weight is 312 g/mol. The zero-order chi connectivity index (χ0) is 16.2. The molecule has 1 aliphatic heterocycles. The zero-order valence-corrected chi connectivity index (χ0v) is 13.4. The number of rotatable bonds is 3. The van der Waals surface area contributed by atoms with Crippen LogP contribution in [0, 0.1) is 6.92 Å². The molecule has 1 fully saturated rings. The third-order valence-corrected chi connectivity index (χ3v) is 4.01. The summed E-state index contributed by atoms with van der Waals surface area (Å²) in [4.78, 5) is 26.4. The van der Waals surface area contributed by atoms with Gasteiger partial charge in [-0.3, -0.25) is 9.78 Å². The summed E-state index contributed by atoms with van der Waals surface area (Å²) in [5.41, 5.74) is 0.878. The minimum Gasteiger partial charge on any atom is -0.437 e. The number of carbonyl (C=O) groups excluding carboxylic acids is 1.